The summed E-state index contributed by atoms with van der Waals surface area (Å²) in [5.74, 6) is -0.533. The van der Waals surface area contributed by atoms with Crippen molar-refractivity contribution in [1.82, 2.24) is 9.97 Å². The lowest BCUT2D eigenvalue weighted by Crippen LogP contribution is -2.20. The lowest BCUT2D eigenvalue weighted by atomic mass is 9.83. The Bertz CT molecular complexity index is 343. The molecule has 1 aromatic heterocycles. The van der Waals surface area contributed by atoms with Crippen molar-refractivity contribution in [2.75, 3.05) is 0 Å². The van der Waals surface area contributed by atoms with Crippen molar-refractivity contribution >= 4 is 0 Å². The number of hydrogen-bond donors (Lipinski definition) is 1. The number of hydrogen-bond acceptors (Lipinski definition) is 2. The van der Waals surface area contributed by atoms with E-state index < -0.39 is 11.4 Å². The molecule has 0 saturated heterocycles. The van der Waals surface area contributed by atoms with Gasteiger partial charge in [0.25, 0.3) is 5.56 Å². The standard InChI is InChI=1S/C8H9FN2O/c9-6-7(5-2-1-3-5)10-4-11-8(6)12/h4-5H,1-3H2,(H,10,11,12). The monoisotopic (exact) mass is 168 g/mol. The Kier molecular flexibility index (Phi) is 1.67. The summed E-state index contributed by atoms with van der Waals surface area (Å²) in [4.78, 5) is 16.8. The summed E-state index contributed by atoms with van der Waals surface area (Å²) in [7, 11) is 0. The van der Waals surface area contributed by atoms with Gasteiger partial charge in [0, 0.05) is 5.92 Å². The fourth-order valence-corrected chi connectivity index (χ4v) is 1.36. The average Bonchev–Trinajstić information content (AvgIpc) is 1.95. The highest BCUT2D eigenvalue weighted by Gasteiger charge is 2.24. The van der Waals surface area contributed by atoms with E-state index in [-0.39, 0.29) is 5.92 Å². The molecule has 0 atom stereocenters. The maximum absolute atomic E-state index is 13.1. The molecule has 1 aliphatic rings. The van der Waals surface area contributed by atoms with Crippen LogP contribution in [-0.2, 0) is 0 Å². The van der Waals surface area contributed by atoms with Crippen LogP contribution >= 0.6 is 0 Å². The molecule has 64 valence electrons. The van der Waals surface area contributed by atoms with Crippen LogP contribution in [0, 0.1) is 5.82 Å². The number of halogens is 1. The molecule has 0 amide bonds. The van der Waals surface area contributed by atoms with Gasteiger partial charge in [0.15, 0.2) is 0 Å². The summed E-state index contributed by atoms with van der Waals surface area (Å²) in [6, 6.07) is 0. The molecule has 4 heteroatoms. The number of rotatable bonds is 1. The molecule has 0 radical (unpaired) electrons. The predicted octanol–water partition coefficient (Wildman–Crippen LogP) is 1.18. The first-order valence-electron chi connectivity index (χ1n) is 4.02. The summed E-state index contributed by atoms with van der Waals surface area (Å²) in [5.41, 5.74) is -0.322. The van der Waals surface area contributed by atoms with Gasteiger partial charge in [-0.05, 0) is 12.8 Å². The zero-order valence-corrected chi connectivity index (χ0v) is 6.51. The molecular weight excluding hydrogens is 159 g/mol. The van der Waals surface area contributed by atoms with E-state index in [0.29, 0.717) is 5.69 Å². The first-order chi connectivity index (χ1) is 5.79. The number of nitrogens with one attached hydrogen (secondary N) is 1. The Balaban J connectivity index is 2.42. The molecule has 0 unspecified atom stereocenters. The molecular formula is C8H9FN2O. The van der Waals surface area contributed by atoms with Crippen molar-refractivity contribution < 1.29 is 4.39 Å². The van der Waals surface area contributed by atoms with Gasteiger partial charge in [-0.25, -0.2) is 4.98 Å². The predicted molar refractivity (Wildman–Crippen MR) is 41.4 cm³/mol. The molecule has 1 aromatic rings. The molecule has 0 aliphatic heterocycles. The smallest absolute Gasteiger partial charge is 0.287 e. The molecule has 1 N–H and O–H groups in total. The van der Waals surface area contributed by atoms with Crippen molar-refractivity contribution in [3.8, 4) is 0 Å². The minimum absolute atomic E-state index is 0.173. The third-order valence-electron chi connectivity index (χ3n) is 2.32. The first-order valence-corrected chi connectivity index (χ1v) is 4.02. The second kappa shape index (κ2) is 2.69. The van der Waals surface area contributed by atoms with Gasteiger partial charge in [-0.15, -0.1) is 0 Å². The van der Waals surface area contributed by atoms with Crippen LogP contribution in [0.5, 0.6) is 0 Å². The molecule has 1 aliphatic carbocycles. The van der Waals surface area contributed by atoms with Gasteiger partial charge < -0.3 is 4.98 Å². The Hall–Kier alpha value is -1.19. The number of H-pyrrole nitrogens is 1. The van der Waals surface area contributed by atoms with E-state index in [1.54, 1.807) is 0 Å². The third kappa shape index (κ3) is 1.03. The summed E-state index contributed by atoms with van der Waals surface area (Å²) < 4.78 is 13.1. The Morgan fingerprint density at radius 1 is 1.58 bits per heavy atom. The van der Waals surface area contributed by atoms with Gasteiger partial charge in [-0.3, -0.25) is 4.79 Å². The van der Waals surface area contributed by atoms with Crippen LogP contribution in [0.15, 0.2) is 11.1 Å². The summed E-state index contributed by atoms with van der Waals surface area (Å²) in [6.45, 7) is 0. The van der Waals surface area contributed by atoms with E-state index in [1.807, 2.05) is 0 Å². The molecule has 0 spiro atoms. The topological polar surface area (TPSA) is 45.8 Å². The molecule has 0 bridgehead atoms. The Morgan fingerprint density at radius 2 is 2.33 bits per heavy atom. The van der Waals surface area contributed by atoms with Crippen LogP contribution < -0.4 is 5.56 Å². The molecule has 12 heavy (non-hydrogen) atoms. The molecule has 0 aromatic carbocycles. The fourth-order valence-electron chi connectivity index (χ4n) is 1.36. The third-order valence-corrected chi connectivity index (χ3v) is 2.32. The maximum Gasteiger partial charge on any atom is 0.287 e. The van der Waals surface area contributed by atoms with Crippen LogP contribution in [0.25, 0.3) is 0 Å². The molecule has 3 nitrogen and oxygen atoms in total. The van der Waals surface area contributed by atoms with Crippen molar-refractivity contribution in [3.05, 3.63) is 28.2 Å². The largest absolute Gasteiger partial charge is 0.311 e. The van der Waals surface area contributed by atoms with Crippen LogP contribution in [0.2, 0.25) is 0 Å². The van der Waals surface area contributed by atoms with Gasteiger partial charge in [0.05, 0.1) is 12.0 Å². The second-order valence-corrected chi connectivity index (χ2v) is 3.06. The number of aromatic nitrogens is 2. The molecule has 1 heterocycles. The zero-order chi connectivity index (χ0) is 8.55. The highest BCUT2D eigenvalue weighted by Crippen LogP contribution is 2.35. The van der Waals surface area contributed by atoms with Crippen LogP contribution in [0.1, 0.15) is 30.9 Å². The summed E-state index contributed by atoms with van der Waals surface area (Å²) in [6.07, 6.45) is 4.28. The Labute approximate surface area is 68.7 Å². The van der Waals surface area contributed by atoms with Gasteiger partial charge >= 0.3 is 0 Å². The van der Waals surface area contributed by atoms with Crippen LogP contribution in [0.4, 0.5) is 4.39 Å². The SMILES string of the molecule is O=c1[nH]cnc(C2CCC2)c1F. The van der Waals surface area contributed by atoms with E-state index in [9.17, 15) is 9.18 Å². The normalized spacial score (nSPS) is 17.4. The fraction of sp³-hybridized carbons (Fsp3) is 0.500. The van der Waals surface area contributed by atoms with Gasteiger partial charge in [-0.1, -0.05) is 6.42 Å². The van der Waals surface area contributed by atoms with Crippen molar-refractivity contribution in [1.29, 1.82) is 0 Å². The van der Waals surface area contributed by atoms with E-state index in [4.69, 9.17) is 0 Å². The van der Waals surface area contributed by atoms with E-state index in [2.05, 4.69) is 9.97 Å². The van der Waals surface area contributed by atoms with E-state index in [1.165, 1.54) is 6.33 Å². The van der Waals surface area contributed by atoms with Gasteiger partial charge in [-0.2, -0.15) is 4.39 Å². The Morgan fingerprint density at radius 3 is 2.92 bits per heavy atom. The zero-order valence-electron chi connectivity index (χ0n) is 6.51. The quantitative estimate of drug-likeness (QED) is 0.684. The number of nitrogens with zero attached hydrogens (tertiary/aromatic N) is 1. The van der Waals surface area contributed by atoms with Crippen molar-refractivity contribution in [2.45, 2.75) is 25.2 Å². The van der Waals surface area contributed by atoms with Gasteiger partial charge in [0.2, 0.25) is 5.82 Å². The summed E-state index contributed by atoms with van der Waals surface area (Å²) >= 11 is 0. The second-order valence-electron chi connectivity index (χ2n) is 3.06. The van der Waals surface area contributed by atoms with E-state index >= 15 is 0 Å². The van der Waals surface area contributed by atoms with Gasteiger partial charge in [0.1, 0.15) is 0 Å². The lowest BCUT2D eigenvalue weighted by molar-refractivity contribution is 0.390. The first kappa shape index (κ1) is 7.46. The minimum Gasteiger partial charge on any atom is -0.311 e. The van der Waals surface area contributed by atoms with Crippen LogP contribution in [-0.4, -0.2) is 9.97 Å². The van der Waals surface area contributed by atoms with Crippen molar-refractivity contribution in [3.63, 3.8) is 0 Å². The van der Waals surface area contributed by atoms with E-state index in [0.717, 1.165) is 19.3 Å². The maximum atomic E-state index is 13.1. The molecule has 1 fully saturated rings. The van der Waals surface area contributed by atoms with Crippen molar-refractivity contribution in [2.24, 2.45) is 0 Å². The summed E-state index contributed by atoms with van der Waals surface area (Å²) in [5, 5.41) is 0. The minimum atomic E-state index is -0.706. The highest BCUT2D eigenvalue weighted by atomic mass is 19.1. The average molecular weight is 168 g/mol. The number of aromatic amines is 1. The molecule has 1 saturated carbocycles. The lowest BCUT2D eigenvalue weighted by Gasteiger charge is -2.24. The molecule has 2 rings (SSSR count). The van der Waals surface area contributed by atoms with Crippen LogP contribution in [0.3, 0.4) is 0 Å². The highest BCUT2D eigenvalue weighted by molar-refractivity contribution is 5.11.